The van der Waals surface area contributed by atoms with Gasteiger partial charge in [-0.2, -0.15) is 4.98 Å². The quantitative estimate of drug-likeness (QED) is 0.849. The Morgan fingerprint density at radius 2 is 1.75 bits per heavy atom. The Balaban J connectivity index is 3.18. The van der Waals surface area contributed by atoms with Gasteiger partial charge in [-0.15, -0.1) is 0 Å². The molecular formula is C12H22N4. The predicted octanol–water partition coefficient (Wildman–Crippen LogP) is 2.34. The molecule has 4 heteroatoms. The Bertz CT molecular complexity index is 333. The van der Waals surface area contributed by atoms with Crippen LogP contribution in [-0.2, 0) is 0 Å². The summed E-state index contributed by atoms with van der Waals surface area (Å²) < 4.78 is 0. The highest BCUT2D eigenvalue weighted by Gasteiger charge is 2.14. The van der Waals surface area contributed by atoms with Crippen molar-refractivity contribution in [1.29, 1.82) is 0 Å². The van der Waals surface area contributed by atoms with Crippen molar-refractivity contribution in [2.45, 2.75) is 40.5 Å². The van der Waals surface area contributed by atoms with Crippen molar-refractivity contribution in [2.24, 2.45) is 0 Å². The summed E-state index contributed by atoms with van der Waals surface area (Å²) in [7, 11) is 0. The molecule has 4 nitrogen and oxygen atoms in total. The second-order valence-corrected chi connectivity index (χ2v) is 4.23. The van der Waals surface area contributed by atoms with E-state index in [9.17, 15) is 0 Å². The van der Waals surface area contributed by atoms with E-state index in [1.54, 1.807) is 0 Å². The van der Waals surface area contributed by atoms with Crippen molar-refractivity contribution in [3.63, 3.8) is 0 Å². The molecule has 0 radical (unpaired) electrons. The Kier molecular flexibility index (Phi) is 4.10. The molecule has 0 atom stereocenters. The van der Waals surface area contributed by atoms with E-state index in [1.165, 1.54) is 0 Å². The zero-order valence-corrected chi connectivity index (χ0v) is 10.9. The topological polar surface area (TPSA) is 55.0 Å². The highest BCUT2D eigenvalue weighted by molar-refractivity contribution is 5.49. The van der Waals surface area contributed by atoms with E-state index in [-0.39, 0.29) is 0 Å². The zero-order valence-electron chi connectivity index (χ0n) is 10.9. The molecule has 90 valence electrons. The van der Waals surface area contributed by atoms with Gasteiger partial charge in [0.05, 0.1) is 0 Å². The van der Waals surface area contributed by atoms with Crippen LogP contribution in [0.2, 0.25) is 0 Å². The molecule has 0 amide bonds. The third-order valence-electron chi connectivity index (χ3n) is 2.78. The number of nitrogen functional groups attached to an aromatic ring is 1. The van der Waals surface area contributed by atoms with E-state index in [0.29, 0.717) is 11.7 Å². The third-order valence-corrected chi connectivity index (χ3v) is 2.78. The van der Waals surface area contributed by atoms with Gasteiger partial charge in [0, 0.05) is 24.3 Å². The summed E-state index contributed by atoms with van der Waals surface area (Å²) >= 11 is 0. The largest absolute Gasteiger partial charge is 0.383 e. The first-order valence-corrected chi connectivity index (χ1v) is 5.90. The Labute approximate surface area is 97.9 Å². The van der Waals surface area contributed by atoms with E-state index in [2.05, 4.69) is 42.6 Å². The van der Waals surface area contributed by atoms with Gasteiger partial charge in [-0.3, -0.25) is 0 Å². The Morgan fingerprint density at radius 1 is 1.19 bits per heavy atom. The van der Waals surface area contributed by atoms with Gasteiger partial charge < -0.3 is 10.6 Å². The minimum atomic E-state index is 0.366. The van der Waals surface area contributed by atoms with E-state index < -0.39 is 0 Å². The number of nitrogens with two attached hydrogens (primary N) is 1. The SMILES string of the molecule is CCN(CC)c1nc(C)c(C(C)C)c(N)n1. The lowest BCUT2D eigenvalue weighted by atomic mass is 10.0. The first kappa shape index (κ1) is 12.7. The van der Waals surface area contributed by atoms with Crippen LogP contribution in [0.25, 0.3) is 0 Å². The third kappa shape index (κ3) is 2.43. The molecule has 0 unspecified atom stereocenters. The molecule has 0 aliphatic rings. The van der Waals surface area contributed by atoms with Crippen LogP contribution >= 0.6 is 0 Å². The fourth-order valence-corrected chi connectivity index (χ4v) is 1.95. The van der Waals surface area contributed by atoms with E-state index in [0.717, 1.165) is 30.3 Å². The molecule has 2 N–H and O–H groups in total. The summed E-state index contributed by atoms with van der Waals surface area (Å²) in [4.78, 5) is 11.0. The lowest BCUT2D eigenvalue weighted by Gasteiger charge is -2.21. The highest BCUT2D eigenvalue weighted by atomic mass is 15.3. The van der Waals surface area contributed by atoms with Crippen molar-refractivity contribution in [3.05, 3.63) is 11.3 Å². The Hall–Kier alpha value is -1.32. The first-order valence-electron chi connectivity index (χ1n) is 5.90. The molecule has 16 heavy (non-hydrogen) atoms. The van der Waals surface area contributed by atoms with Crippen LogP contribution in [0.15, 0.2) is 0 Å². The Morgan fingerprint density at radius 3 is 2.12 bits per heavy atom. The molecule has 0 saturated heterocycles. The van der Waals surface area contributed by atoms with Crippen LogP contribution < -0.4 is 10.6 Å². The second kappa shape index (κ2) is 5.14. The smallest absolute Gasteiger partial charge is 0.227 e. The van der Waals surface area contributed by atoms with Gasteiger partial charge in [-0.1, -0.05) is 13.8 Å². The fourth-order valence-electron chi connectivity index (χ4n) is 1.95. The monoisotopic (exact) mass is 222 g/mol. The van der Waals surface area contributed by atoms with Crippen molar-refractivity contribution in [2.75, 3.05) is 23.7 Å². The minimum absolute atomic E-state index is 0.366. The predicted molar refractivity (Wildman–Crippen MR) is 68.8 cm³/mol. The van der Waals surface area contributed by atoms with Crippen LogP contribution in [0.4, 0.5) is 11.8 Å². The minimum Gasteiger partial charge on any atom is -0.383 e. The number of aromatic nitrogens is 2. The maximum Gasteiger partial charge on any atom is 0.227 e. The van der Waals surface area contributed by atoms with Crippen LogP contribution in [-0.4, -0.2) is 23.1 Å². The summed E-state index contributed by atoms with van der Waals surface area (Å²) in [5.41, 5.74) is 8.05. The van der Waals surface area contributed by atoms with Gasteiger partial charge in [0.2, 0.25) is 5.95 Å². The van der Waals surface area contributed by atoms with E-state index in [1.807, 2.05) is 6.92 Å². The van der Waals surface area contributed by atoms with Gasteiger partial charge in [0.25, 0.3) is 0 Å². The van der Waals surface area contributed by atoms with Crippen molar-refractivity contribution < 1.29 is 0 Å². The molecule has 1 aromatic rings. The standard InChI is InChI=1S/C12H22N4/c1-6-16(7-2)12-14-9(5)10(8(3)4)11(13)15-12/h8H,6-7H2,1-5H3,(H2,13,14,15). The number of nitrogens with zero attached hydrogens (tertiary/aromatic N) is 3. The first-order chi connectivity index (χ1) is 7.51. The van der Waals surface area contributed by atoms with Gasteiger partial charge in [-0.25, -0.2) is 4.98 Å². The molecule has 0 saturated carbocycles. The summed E-state index contributed by atoms with van der Waals surface area (Å²) in [5, 5.41) is 0. The van der Waals surface area contributed by atoms with Crippen LogP contribution in [0.3, 0.4) is 0 Å². The molecule has 1 aromatic heterocycles. The summed E-state index contributed by atoms with van der Waals surface area (Å²) in [5.74, 6) is 1.72. The molecule has 0 aromatic carbocycles. The van der Waals surface area contributed by atoms with Crippen LogP contribution in [0.1, 0.15) is 44.9 Å². The van der Waals surface area contributed by atoms with E-state index in [4.69, 9.17) is 5.73 Å². The summed E-state index contributed by atoms with van der Waals surface area (Å²) in [6.45, 7) is 12.2. The fraction of sp³-hybridized carbons (Fsp3) is 0.667. The highest BCUT2D eigenvalue weighted by Crippen LogP contribution is 2.24. The summed E-state index contributed by atoms with van der Waals surface area (Å²) in [6, 6.07) is 0. The summed E-state index contributed by atoms with van der Waals surface area (Å²) in [6.07, 6.45) is 0. The average molecular weight is 222 g/mol. The zero-order chi connectivity index (χ0) is 12.3. The molecule has 1 rings (SSSR count). The van der Waals surface area contributed by atoms with E-state index >= 15 is 0 Å². The van der Waals surface area contributed by atoms with Crippen LogP contribution in [0.5, 0.6) is 0 Å². The second-order valence-electron chi connectivity index (χ2n) is 4.23. The van der Waals surface area contributed by atoms with Gasteiger partial charge in [-0.05, 0) is 26.7 Å². The molecule has 0 aliphatic heterocycles. The number of aryl methyl sites for hydroxylation is 1. The van der Waals surface area contributed by atoms with Crippen molar-refractivity contribution in [3.8, 4) is 0 Å². The van der Waals surface area contributed by atoms with Gasteiger partial charge >= 0.3 is 0 Å². The van der Waals surface area contributed by atoms with Crippen molar-refractivity contribution in [1.82, 2.24) is 9.97 Å². The van der Waals surface area contributed by atoms with Gasteiger partial charge in [0.15, 0.2) is 0 Å². The van der Waals surface area contributed by atoms with Gasteiger partial charge in [0.1, 0.15) is 5.82 Å². The molecule has 0 spiro atoms. The van der Waals surface area contributed by atoms with Crippen LogP contribution in [0, 0.1) is 6.92 Å². The lowest BCUT2D eigenvalue weighted by Crippen LogP contribution is -2.25. The maximum atomic E-state index is 5.99. The maximum absolute atomic E-state index is 5.99. The number of hydrogen-bond donors (Lipinski definition) is 1. The number of hydrogen-bond acceptors (Lipinski definition) is 4. The van der Waals surface area contributed by atoms with Crippen molar-refractivity contribution >= 4 is 11.8 Å². The average Bonchev–Trinajstić information content (AvgIpc) is 2.17. The number of rotatable bonds is 4. The molecule has 0 fully saturated rings. The lowest BCUT2D eigenvalue weighted by molar-refractivity contribution is 0.791. The molecular weight excluding hydrogens is 200 g/mol. The molecule has 0 bridgehead atoms. The molecule has 1 heterocycles. The normalized spacial score (nSPS) is 10.9. The number of anilines is 2. The molecule has 0 aliphatic carbocycles.